The van der Waals surface area contributed by atoms with E-state index in [1.807, 2.05) is 30.3 Å². The lowest BCUT2D eigenvalue weighted by Crippen LogP contribution is -2.19. The summed E-state index contributed by atoms with van der Waals surface area (Å²) in [7, 11) is 0. The van der Waals surface area contributed by atoms with Crippen molar-refractivity contribution in [2.24, 2.45) is 10.9 Å². The van der Waals surface area contributed by atoms with Gasteiger partial charge in [-0.15, -0.1) is 0 Å². The molecule has 0 spiro atoms. The minimum absolute atomic E-state index is 0.493. The molecule has 2 aromatic carbocycles. The number of halogens is 1. The summed E-state index contributed by atoms with van der Waals surface area (Å²) in [5, 5.41) is 17.0. The van der Waals surface area contributed by atoms with Gasteiger partial charge >= 0.3 is 6.03 Å². The fourth-order valence-corrected chi connectivity index (χ4v) is 3.95. The molecule has 0 atom stereocenters. The lowest BCUT2D eigenvalue weighted by molar-refractivity contribution is 0.259. The fraction of sp³-hybridized carbons (Fsp3) is 0.158. The van der Waals surface area contributed by atoms with Gasteiger partial charge < -0.3 is 20.8 Å². The summed E-state index contributed by atoms with van der Waals surface area (Å²) in [5.74, 6) is 0. The molecule has 1 heterocycles. The molecular formula is C19H17ClN4O2. The van der Waals surface area contributed by atoms with Crippen molar-refractivity contribution in [3.63, 3.8) is 0 Å². The van der Waals surface area contributed by atoms with Gasteiger partial charge in [0, 0.05) is 22.3 Å². The maximum Gasteiger partial charge on any atom is 0.316 e. The van der Waals surface area contributed by atoms with Gasteiger partial charge in [0.2, 0.25) is 0 Å². The number of nitrogens with two attached hydrogens (primary N) is 1. The highest BCUT2D eigenvalue weighted by Crippen LogP contribution is 2.37. The molecule has 6 nitrogen and oxygen atoms in total. The predicted octanol–water partition coefficient (Wildman–Crippen LogP) is 4.29. The van der Waals surface area contributed by atoms with Gasteiger partial charge in [-0.2, -0.15) is 0 Å². The van der Waals surface area contributed by atoms with Crippen LogP contribution in [-0.4, -0.2) is 21.5 Å². The van der Waals surface area contributed by atoms with E-state index >= 15 is 0 Å². The summed E-state index contributed by atoms with van der Waals surface area (Å²) >= 11 is 6.52. The molecule has 1 aliphatic rings. The molecule has 4 rings (SSSR count). The van der Waals surface area contributed by atoms with Gasteiger partial charge in [0.1, 0.15) is 0 Å². The lowest BCUT2D eigenvalue weighted by atomic mass is 9.93. The molecule has 1 aromatic heterocycles. The Morgan fingerprint density at radius 1 is 1.23 bits per heavy atom. The minimum atomic E-state index is -0.638. The Bertz CT molecular complexity index is 1060. The molecule has 0 aliphatic heterocycles. The molecule has 132 valence electrons. The summed E-state index contributed by atoms with van der Waals surface area (Å²) < 4.78 is 2.10. The number of nitrogens with zero attached hydrogens (tertiary/aromatic N) is 2. The number of carbonyl (C=O) groups excluding carboxylic acids is 1. The van der Waals surface area contributed by atoms with Crippen LogP contribution in [0.15, 0.2) is 47.6 Å². The number of carbonyl (C=O) groups is 1. The summed E-state index contributed by atoms with van der Waals surface area (Å²) in [6, 6.07) is 12.6. The number of fused-ring (bicyclic) bond motifs is 3. The van der Waals surface area contributed by atoms with Crippen LogP contribution in [0.4, 0.5) is 10.5 Å². The Kier molecular flexibility index (Phi) is 4.05. The van der Waals surface area contributed by atoms with Crippen molar-refractivity contribution in [2.45, 2.75) is 19.3 Å². The molecular weight excluding hydrogens is 352 g/mol. The molecule has 2 amide bonds. The number of para-hydroxylation sites is 1. The van der Waals surface area contributed by atoms with Crippen LogP contribution in [-0.2, 0) is 6.42 Å². The van der Waals surface area contributed by atoms with Crippen molar-refractivity contribution >= 4 is 39.9 Å². The standard InChI is InChI=1S/C19H17ClN4O2/c20-13-10-11(22-19(21)25)8-9-16(13)24-15-6-2-1-4-12(15)18-14(23-26)5-3-7-17(18)24/h1-2,4,6,8-10,26H,3,5,7H2,(H3,21,22,25)/b23-14-. The van der Waals surface area contributed by atoms with Gasteiger partial charge in [0.15, 0.2) is 0 Å². The summed E-state index contributed by atoms with van der Waals surface area (Å²) in [6.45, 7) is 0. The normalized spacial score (nSPS) is 15.2. The molecule has 7 heteroatoms. The number of rotatable bonds is 2. The predicted molar refractivity (Wildman–Crippen MR) is 103 cm³/mol. The molecule has 0 fully saturated rings. The number of amides is 2. The van der Waals surface area contributed by atoms with E-state index in [4.69, 9.17) is 17.3 Å². The average molecular weight is 369 g/mol. The first-order valence-corrected chi connectivity index (χ1v) is 8.68. The number of nitrogens with one attached hydrogen (secondary N) is 1. The first-order chi connectivity index (χ1) is 12.6. The zero-order valence-electron chi connectivity index (χ0n) is 13.9. The van der Waals surface area contributed by atoms with Gasteiger partial charge in [-0.05, 0) is 43.5 Å². The van der Waals surface area contributed by atoms with Crippen LogP contribution in [0, 0.1) is 0 Å². The van der Waals surface area contributed by atoms with E-state index in [0.29, 0.717) is 16.4 Å². The highest BCUT2D eigenvalue weighted by Gasteiger charge is 2.26. The van der Waals surface area contributed by atoms with Crippen molar-refractivity contribution in [3.8, 4) is 5.69 Å². The third kappa shape index (κ3) is 2.59. The number of urea groups is 1. The Morgan fingerprint density at radius 3 is 2.77 bits per heavy atom. The minimum Gasteiger partial charge on any atom is -0.411 e. The molecule has 3 aromatic rings. The molecule has 1 aliphatic carbocycles. The number of benzene rings is 2. The van der Waals surface area contributed by atoms with Crippen LogP contribution in [0.2, 0.25) is 5.02 Å². The number of oxime groups is 1. The number of primary amides is 1. The fourth-order valence-electron chi connectivity index (χ4n) is 3.68. The van der Waals surface area contributed by atoms with Gasteiger partial charge in [0.25, 0.3) is 0 Å². The van der Waals surface area contributed by atoms with Crippen LogP contribution < -0.4 is 11.1 Å². The van der Waals surface area contributed by atoms with Crippen molar-refractivity contribution < 1.29 is 10.0 Å². The average Bonchev–Trinajstić information content (AvgIpc) is 2.96. The topological polar surface area (TPSA) is 92.6 Å². The SMILES string of the molecule is NC(=O)Nc1ccc(-n2c3c(c4ccccc42)/C(=N\O)CCC3)c(Cl)c1. The van der Waals surface area contributed by atoms with Crippen LogP contribution >= 0.6 is 11.6 Å². The number of hydrogen-bond acceptors (Lipinski definition) is 3. The number of aromatic nitrogens is 1. The van der Waals surface area contributed by atoms with Gasteiger partial charge in [0.05, 0.1) is 21.9 Å². The number of anilines is 1. The molecule has 0 bridgehead atoms. The molecule has 0 radical (unpaired) electrons. The summed E-state index contributed by atoms with van der Waals surface area (Å²) in [6.07, 6.45) is 2.51. The highest BCUT2D eigenvalue weighted by molar-refractivity contribution is 6.33. The first-order valence-electron chi connectivity index (χ1n) is 8.30. The number of hydrogen-bond donors (Lipinski definition) is 3. The second-order valence-corrected chi connectivity index (χ2v) is 6.64. The van der Waals surface area contributed by atoms with Crippen LogP contribution in [0.1, 0.15) is 24.1 Å². The molecule has 0 unspecified atom stereocenters. The zero-order valence-corrected chi connectivity index (χ0v) is 14.6. The third-order valence-corrected chi connectivity index (χ3v) is 4.97. The van der Waals surface area contributed by atoms with E-state index in [1.54, 1.807) is 12.1 Å². The molecule has 4 N–H and O–H groups in total. The summed E-state index contributed by atoms with van der Waals surface area (Å²) in [5.41, 5.74) is 10.3. The van der Waals surface area contributed by atoms with Crippen molar-refractivity contribution in [3.05, 3.63) is 58.7 Å². The third-order valence-electron chi connectivity index (χ3n) is 4.67. The Hall–Kier alpha value is -2.99. The van der Waals surface area contributed by atoms with E-state index in [-0.39, 0.29) is 0 Å². The van der Waals surface area contributed by atoms with Crippen LogP contribution in [0.3, 0.4) is 0 Å². The maximum absolute atomic E-state index is 11.1. The van der Waals surface area contributed by atoms with Crippen molar-refractivity contribution in [1.82, 2.24) is 4.57 Å². The smallest absolute Gasteiger partial charge is 0.316 e. The molecule has 0 saturated heterocycles. The van der Waals surface area contributed by atoms with E-state index < -0.39 is 6.03 Å². The van der Waals surface area contributed by atoms with Crippen molar-refractivity contribution in [1.29, 1.82) is 0 Å². The second-order valence-electron chi connectivity index (χ2n) is 6.23. The van der Waals surface area contributed by atoms with E-state index in [1.165, 1.54) is 0 Å². The van der Waals surface area contributed by atoms with Gasteiger partial charge in [-0.3, -0.25) is 0 Å². The Labute approximate surface area is 154 Å². The lowest BCUT2D eigenvalue weighted by Gasteiger charge is -2.18. The van der Waals surface area contributed by atoms with Crippen molar-refractivity contribution in [2.75, 3.05) is 5.32 Å². The molecule has 26 heavy (non-hydrogen) atoms. The van der Waals surface area contributed by atoms with Gasteiger partial charge in [-0.1, -0.05) is 35.0 Å². The highest BCUT2D eigenvalue weighted by atomic mass is 35.5. The maximum atomic E-state index is 11.1. The van der Waals surface area contributed by atoms with Crippen LogP contribution in [0.25, 0.3) is 16.6 Å². The van der Waals surface area contributed by atoms with E-state index in [2.05, 4.69) is 15.0 Å². The Morgan fingerprint density at radius 2 is 2.04 bits per heavy atom. The summed E-state index contributed by atoms with van der Waals surface area (Å²) in [4.78, 5) is 11.1. The van der Waals surface area contributed by atoms with Gasteiger partial charge in [-0.25, -0.2) is 4.79 Å². The zero-order chi connectivity index (χ0) is 18.3. The largest absolute Gasteiger partial charge is 0.411 e. The van der Waals surface area contributed by atoms with Crippen LogP contribution in [0.5, 0.6) is 0 Å². The van der Waals surface area contributed by atoms with E-state index in [0.717, 1.165) is 47.1 Å². The Balaban J connectivity index is 1.97. The van der Waals surface area contributed by atoms with E-state index in [9.17, 15) is 10.0 Å². The first kappa shape index (κ1) is 16.5. The second kappa shape index (κ2) is 6.38. The molecule has 0 saturated carbocycles. The monoisotopic (exact) mass is 368 g/mol. The quantitative estimate of drug-likeness (QED) is 0.465.